The van der Waals surface area contributed by atoms with Crippen LogP contribution in [-0.4, -0.2) is 49.1 Å². The zero-order valence-corrected chi connectivity index (χ0v) is 17.0. The van der Waals surface area contributed by atoms with Gasteiger partial charge in [0.25, 0.3) is 0 Å². The van der Waals surface area contributed by atoms with Crippen molar-refractivity contribution in [2.75, 3.05) is 33.0 Å². The molecule has 1 unspecified atom stereocenters. The van der Waals surface area contributed by atoms with E-state index in [2.05, 4.69) is 35.2 Å². The second kappa shape index (κ2) is 10.1. The molecule has 0 saturated carbocycles. The van der Waals surface area contributed by atoms with Gasteiger partial charge in [0.2, 0.25) is 6.79 Å². The number of ether oxygens (including phenoxy) is 3. The Labute approximate surface area is 173 Å². The summed E-state index contributed by atoms with van der Waals surface area (Å²) in [6, 6.07) is 16.6. The number of likely N-dealkylation sites (tertiary alicyclic amines) is 1. The summed E-state index contributed by atoms with van der Waals surface area (Å²) in [6.45, 7) is 3.92. The molecule has 2 aromatic rings. The minimum Gasteiger partial charge on any atom is -0.454 e. The van der Waals surface area contributed by atoms with E-state index in [1.165, 1.54) is 31.2 Å². The van der Waals surface area contributed by atoms with Gasteiger partial charge in [0, 0.05) is 6.54 Å². The van der Waals surface area contributed by atoms with Gasteiger partial charge >= 0.3 is 0 Å². The number of aryl methyl sites for hydroxylation is 1. The molecule has 0 aliphatic carbocycles. The highest BCUT2D eigenvalue weighted by molar-refractivity contribution is 5.44. The summed E-state index contributed by atoms with van der Waals surface area (Å²) in [5.74, 6) is 2.34. The Hall–Kier alpha value is -2.08. The van der Waals surface area contributed by atoms with Crippen LogP contribution < -0.4 is 9.47 Å². The van der Waals surface area contributed by atoms with Gasteiger partial charge in [-0.15, -0.1) is 0 Å². The minimum atomic E-state index is -0.454. The quantitative estimate of drug-likeness (QED) is 0.700. The number of hydrogen-bond donors (Lipinski definition) is 1. The molecule has 2 aromatic carbocycles. The Morgan fingerprint density at radius 2 is 1.79 bits per heavy atom. The van der Waals surface area contributed by atoms with Crippen LogP contribution in [-0.2, 0) is 17.8 Å². The standard InChI is InChI=1S/C24H31NO4/c26-22(17-27-16-21-8-9-23-24(14-21)29-18-28-23)15-25-12-10-20(11-13-25)7-6-19-4-2-1-3-5-19/h1-5,8-9,14,20,22,26H,6-7,10-13,15-18H2. The molecule has 2 heterocycles. The van der Waals surface area contributed by atoms with Gasteiger partial charge in [0.15, 0.2) is 11.5 Å². The number of aliphatic hydroxyl groups excluding tert-OH is 1. The van der Waals surface area contributed by atoms with E-state index in [0.29, 0.717) is 19.8 Å². The monoisotopic (exact) mass is 397 g/mol. The lowest BCUT2D eigenvalue weighted by molar-refractivity contribution is 0.00426. The molecule has 0 radical (unpaired) electrons. The number of β-amino-alcohol motifs (C(OH)–C–C–N with tert-alkyl or cyclic N) is 1. The lowest BCUT2D eigenvalue weighted by Crippen LogP contribution is -2.40. The first kappa shape index (κ1) is 20.2. The highest BCUT2D eigenvalue weighted by Crippen LogP contribution is 2.32. The molecule has 4 rings (SSSR count). The van der Waals surface area contributed by atoms with Crippen molar-refractivity contribution in [2.45, 2.75) is 38.4 Å². The van der Waals surface area contributed by atoms with Gasteiger partial charge in [-0.1, -0.05) is 36.4 Å². The van der Waals surface area contributed by atoms with E-state index >= 15 is 0 Å². The average molecular weight is 398 g/mol. The molecule has 2 aliphatic heterocycles. The third-order valence-electron chi connectivity index (χ3n) is 5.88. The molecule has 0 bridgehead atoms. The third-order valence-corrected chi connectivity index (χ3v) is 5.88. The van der Waals surface area contributed by atoms with Crippen LogP contribution in [0.25, 0.3) is 0 Å². The van der Waals surface area contributed by atoms with Crippen LogP contribution in [0.15, 0.2) is 48.5 Å². The fourth-order valence-corrected chi connectivity index (χ4v) is 4.17. The van der Waals surface area contributed by atoms with Crippen molar-refractivity contribution in [1.82, 2.24) is 4.90 Å². The SMILES string of the molecule is OC(COCc1ccc2c(c1)OCO2)CN1CCC(CCc2ccccc2)CC1. The van der Waals surface area contributed by atoms with Crippen LogP contribution in [0.2, 0.25) is 0 Å². The first-order chi connectivity index (χ1) is 14.3. The molecular formula is C24H31NO4. The van der Waals surface area contributed by atoms with Crippen molar-refractivity contribution in [3.8, 4) is 11.5 Å². The van der Waals surface area contributed by atoms with Gasteiger partial charge in [-0.25, -0.2) is 0 Å². The zero-order chi connectivity index (χ0) is 19.9. The van der Waals surface area contributed by atoms with Crippen molar-refractivity contribution in [2.24, 2.45) is 5.92 Å². The van der Waals surface area contributed by atoms with Gasteiger partial charge in [-0.2, -0.15) is 0 Å². The van der Waals surface area contributed by atoms with Gasteiger partial charge < -0.3 is 24.2 Å². The Bertz CT molecular complexity index is 759. The van der Waals surface area contributed by atoms with E-state index in [9.17, 15) is 5.11 Å². The highest BCUT2D eigenvalue weighted by Gasteiger charge is 2.21. The van der Waals surface area contributed by atoms with Gasteiger partial charge in [0.1, 0.15) is 0 Å². The van der Waals surface area contributed by atoms with E-state index in [-0.39, 0.29) is 6.79 Å². The van der Waals surface area contributed by atoms with Crippen LogP contribution in [0.4, 0.5) is 0 Å². The van der Waals surface area contributed by atoms with E-state index in [1.807, 2.05) is 18.2 Å². The lowest BCUT2D eigenvalue weighted by Gasteiger charge is -2.33. The first-order valence-electron chi connectivity index (χ1n) is 10.7. The zero-order valence-electron chi connectivity index (χ0n) is 17.0. The molecule has 0 spiro atoms. The van der Waals surface area contributed by atoms with Gasteiger partial charge in [-0.05, 0) is 68.0 Å². The largest absolute Gasteiger partial charge is 0.454 e. The molecule has 0 amide bonds. The molecule has 5 heteroatoms. The number of hydrogen-bond acceptors (Lipinski definition) is 5. The molecule has 1 atom stereocenters. The van der Waals surface area contributed by atoms with Crippen LogP contribution in [0.1, 0.15) is 30.4 Å². The summed E-state index contributed by atoms with van der Waals surface area (Å²) < 4.78 is 16.4. The molecule has 2 aliphatic rings. The molecular weight excluding hydrogens is 366 g/mol. The second-order valence-electron chi connectivity index (χ2n) is 8.12. The number of piperidine rings is 1. The van der Waals surface area contributed by atoms with Gasteiger partial charge in [-0.3, -0.25) is 0 Å². The van der Waals surface area contributed by atoms with E-state index < -0.39 is 6.10 Å². The number of benzene rings is 2. The van der Waals surface area contributed by atoms with Crippen molar-refractivity contribution in [3.05, 3.63) is 59.7 Å². The maximum atomic E-state index is 10.3. The maximum absolute atomic E-state index is 10.3. The second-order valence-corrected chi connectivity index (χ2v) is 8.12. The predicted molar refractivity (Wildman–Crippen MR) is 112 cm³/mol. The summed E-state index contributed by atoms with van der Waals surface area (Å²) in [5, 5.41) is 10.3. The molecule has 1 fully saturated rings. The third kappa shape index (κ3) is 5.95. The number of aliphatic hydroxyl groups is 1. The molecule has 5 nitrogen and oxygen atoms in total. The maximum Gasteiger partial charge on any atom is 0.231 e. The number of nitrogens with zero attached hydrogens (tertiary/aromatic N) is 1. The Morgan fingerprint density at radius 3 is 2.62 bits per heavy atom. The Kier molecular flexibility index (Phi) is 7.04. The Balaban J connectivity index is 1.11. The van der Waals surface area contributed by atoms with Crippen LogP contribution >= 0.6 is 0 Å². The molecule has 29 heavy (non-hydrogen) atoms. The highest BCUT2D eigenvalue weighted by atomic mass is 16.7. The molecule has 1 saturated heterocycles. The van der Waals surface area contributed by atoms with Crippen LogP contribution in [0, 0.1) is 5.92 Å². The predicted octanol–water partition coefficient (Wildman–Crippen LogP) is 3.64. The summed E-state index contributed by atoms with van der Waals surface area (Å²) in [5.41, 5.74) is 2.46. The summed E-state index contributed by atoms with van der Waals surface area (Å²) >= 11 is 0. The summed E-state index contributed by atoms with van der Waals surface area (Å²) in [7, 11) is 0. The van der Waals surface area contributed by atoms with E-state index in [4.69, 9.17) is 14.2 Å². The molecule has 156 valence electrons. The number of rotatable bonds is 9. The van der Waals surface area contributed by atoms with E-state index in [1.54, 1.807) is 0 Å². The van der Waals surface area contributed by atoms with Crippen molar-refractivity contribution in [3.63, 3.8) is 0 Å². The average Bonchev–Trinajstić information content (AvgIpc) is 3.22. The Morgan fingerprint density at radius 1 is 1.00 bits per heavy atom. The fraction of sp³-hybridized carbons (Fsp3) is 0.500. The summed E-state index contributed by atoms with van der Waals surface area (Å²) in [4.78, 5) is 2.37. The molecule has 1 N–H and O–H groups in total. The normalized spacial score (nSPS) is 18.1. The lowest BCUT2D eigenvalue weighted by atomic mass is 9.90. The van der Waals surface area contributed by atoms with Crippen LogP contribution in [0.3, 0.4) is 0 Å². The number of fused-ring (bicyclic) bond motifs is 1. The van der Waals surface area contributed by atoms with Gasteiger partial charge in [0.05, 0.1) is 19.3 Å². The van der Waals surface area contributed by atoms with Crippen LogP contribution in [0.5, 0.6) is 11.5 Å². The first-order valence-corrected chi connectivity index (χ1v) is 10.7. The topological polar surface area (TPSA) is 51.2 Å². The molecule has 0 aromatic heterocycles. The van der Waals surface area contributed by atoms with Crippen molar-refractivity contribution < 1.29 is 19.3 Å². The van der Waals surface area contributed by atoms with Crippen molar-refractivity contribution >= 4 is 0 Å². The van der Waals surface area contributed by atoms with E-state index in [0.717, 1.165) is 36.1 Å². The minimum absolute atomic E-state index is 0.279. The van der Waals surface area contributed by atoms with Crippen molar-refractivity contribution in [1.29, 1.82) is 0 Å². The summed E-state index contributed by atoms with van der Waals surface area (Å²) in [6.07, 6.45) is 4.42. The smallest absolute Gasteiger partial charge is 0.231 e. The fourth-order valence-electron chi connectivity index (χ4n) is 4.17.